The summed E-state index contributed by atoms with van der Waals surface area (Å²) in [7, 11) is 0. The lowest BCUT2D eigenvalue weighted by Gasteiger charge is -2.23. The maximum atomic E-state index is 12.3. The van der Waals surface area contributed by atoms with Gasteiger partial charge in [0.25, 0.3) is 5.91 Å². The number of hydrogen-bond donors (Lipinski definition) is 1. The summed E-state index contributed by atoms with van der Waals surface area (Å²) in [4.78, 5) is 12.3. The second-order valence-electron chi connectivity index (χ2n) is 5.67. The molecule has 1 aromatic carbocycles. The van der Waals surface area contributed by atoms with Crippen LogP contribution in [0, 0.1) is 18.8 Å². The monoisotopic (exact) mass is 307 g/mol. The van der Waals surface area contributed by atoms with Crippen LogP contribution in [-0.2, 0) is 0 Å². The van der Waals surface area contributed by atoms with Crippen LogP contribution in [0.1, 0.15) is 41.6 Å². The summed E-state index contributed by atoms with van der Waals surface area (Å²) in [6, 6.07) is 6.22. The van der Waals surface area contributed by atoms with Crippen LogP contribution in [0.25, 0.3) is 0 Å². The number of halogens is 1. The van der Waals surface area contributed by atoms with E-state index in [9.17, 15) is 4.79 Å². The first-order valence-electron chi connectivity index (χ1n) is 6.71. The molecule has 0 heterocycles. The summed E-state index contributed by atoms with van der Waals surface area (Å²) < 4.78 is 1.00. The van der Waals surface area contributed by atoms with Gasteiger partial charge < -0.3 is 5.32 Å². The number of amides is 1. The topological polar surface area (TPSA) is 29.1 Å². The van der Waals surface area contributed by atoms with Gasteiger partial charge in [0, 0.05) is 16.1 Å². The third-order valence-corrected chi connectivity index (χ3v) is 5.43. The van der Waals surface area contributed by atoms with E-state index in [0.29, 0.717) is 6.04 Å². The molecule has 2 aliphatic carbocycles. The number of nitrogens with one attached hydrogen (secondary N) is 1. The molecule has 1 N–H and O–H groups in total. The molecule has 2 saturated carbocycles. The minimum absolute atomic E-state index is 0.0892. The van der Waals surface area contributed by atoms with E-state index < -0.39 is 0 Å². The van der Waals surface area contributed by atoms with Crippen LogP contribution in [-0.4, -0.2) is 11.9 Å². The zero-order valence-electron chi connectivity index (χ0n) is 10.6. The minimum Gasteiger partial charge on any atom is -0.349 e. The average molecular weight is 308 g/mol. The fraction of sp³-hybridized carbons (Fsp3) is 0.533. The SMILES string of the molecule is Cc1c(Br)cccc1C(=O)NC1CC2CCC1C2. The highest BCUT2D eigenvalue weighted by molar-refractivity contribution is 9.10. The van der Waals surface area contributed by atoms with E-state index in [1.807, 2.05) is 25.1 Å². The maximum absolute atomic E-state index is 12.3. The molecule has 2 aliphatic rings. The molecular formula is C15H18BrNO. The molecule has 1 amide bonds. The molecule has 0 aromatic heterocycles. The lowest BCUT2D eigenvalue weighted by molar-refractivity contribution is 0.0922. The summed E-state index contributed by atoms with van der Waals surface area (Å²) in [5.41, 5.74) is 1.82. The fourth-order valence-corrected chi connectivity index (χ4v) is 3.89. The second-order valence-corrected chi connectivity index (χ2v) is 6.52. The van der Waals surface area contributed by atoms with Gasteiger partial charge in [-0.1, -0.05) is 28.4 Å². The summed E-state index contributed by atoms with van der Waals surface area (Å²) in [6.45, 7) is 1.99. The van der Waals surface area contributed by atoms with Crippen molar-refractivity contribution in [3.8, 4) is 0 Å². The predicted molar refractivity (Wildman–Crippen MR) is 75.6 cm³/mol. The van der Waals surface area contributed by atoms with Crippen molar-refractivity contribution in [1.82, 2.24) is 5.32 Å². The number of carbonyl (C=O) groups excluding carboxylic acids is 1. The predicted octanol–water partition coefficient (Wildman–Crippen LogP) is 3.68. The molecule has 96 valence electrons. The lowest BCUT2D eigenvalue weighted by atomic mass is 9.95. The van der Waals surface area contributed by atoms with Crippen LogP contribution in [0.5, 0.6) is 0 Å². The van der Waals surface area contributed by atoms with Crippen molar-refractivity contribution in [2.24, 2.45) is 11.8 Å². The van der Waals surface area contributed by atoms with Gasteiger partial charge in [-0.25, -0.2) is 0 Å². The van der Waals surface area contributed by atoms with Gasteiger partial charge in [0.15, 0.2) is 0 Å². The van der Waals surface area contributed by atoms with Crippen molar-refractivity contribution >= 4 is 21.8 Å². The molecule has 1 aromatic rings. The summed E-state index contributed by atoms with van der Waals surface area (Å²) in [5.74, 6) is 1.68. The molecular weight excluding hydrogens is 290 g/mol. The lowest BCUT2D eigenvalue weighted by Crippen LogP contribution is -2.38. The minimum atomic E-state index is 0.0892. The van der Waals surface area contributed by atoms with Gasteiger partial charge >= 0.3 is 0 Å². The van der Waals surface area contributed by atoms with Crippen molar-refractivity contribution in [3.63, 3.8) is 0 Å². The van der Waals surface area contributed by atoms with E-state index in [-0.39, 0.29) is 5.91 Å². The van der Waals surface area contributed by atoms with Crippen molar-refractivity contribution < 1.29 is 4.79 Å². The first kappa shape index (κ1) is 12.2. The van der Waals surface area contributed by atoms with E-state index in [1.165, 1.54) is 25.7 Å². The van der Waals surface area contributed by atoms with E-state index in [4.69, 9.17) is 0 Å². The van der Waals surface area contributed by atoms with E-state index in [2.05, 4.69) is 21.2 Å². The molecule has 2 bridgehead atoms. The van der Waals surface area contributed by atoms with E-state index in [0.717, 1.165) is 27.4 Å². The van der Waals surface area contributed by atoms with Crippen molar-refractivity contribution in [2.75, 3.05) is 0 Å². The number of fused-ring (bicyclic) bond motifs is 2. The standard InChI is InChI=1S/C15H18BrNO/c1-9-12(3-2-4-13(9)16)15(18)17-14-8-10-5-6-11(14)7-10/h2-4,10-11,14H,5-8H2,1H3,(H,17,18). The molecule has 3 unspecified atom stereocenters. The largest absolute Gasteiger partial charge is 0.349 e. The van der Waals surface area contributed by atoms with Gasteiger partial charge in [0.05, 0.1) is 0 Å². The quantitative estimate of drug-likeness (QED) is 0.887. The Hall–Kier alpha value is -0.830. The first-order valence-corrected chi connectivity index (χ1v) is 7.50. The third-order valence-electron chi connectivity index (χ3n) is 4.57. The zero-order valence-corrected chi connectivity index (χ0v) is 12.2. The number of carbonyl (C=O) groups is 1. The third kappa shape index (κ3) is 2.09. The van der Waals surface area contributed by atoms with Crippen LogP contribution >= 0.6 is 15.9 Å². The summed E-state index contributed by atoms with van der Waals surface area (Å²) in [5, 5.41) is 3.23. The van der Waals surface area contributed by atoms with Crippen LogP contribution in [0.2, 0.25) is 0 Å². The Morgan fingerprint density at radius 1 is 1.33 bits per heavy atom. The van der Waals surface area contributed by atoms with E-state index in [1.54, 1.807) is 0 Å². The molecule has 3 heteroatoms. The van der Waals surface area contributed by atoms with Gasteiger partial charge in [-0.3, -0.25) is 4.79 Å². The van der Waals surface area contributed by atoms with Gasteiger partial charge in [-0.15, -0.1) is 0 Å². The Morgan fingerprint density at radius 3 is 2.83 bits per heavy atom. The molecule has 0 spiro atoms. The molecule has 0 radical (unpaired) electrons. The van der Waals surface area contributed by atoms with Gasteiger partial charge in [-0.2, -0.15) is 0 Å². The Bertz CT molecular complexity index is 485. The smallest absolute Gasteiger partial charge is 0.251 e. The molecule has 2 fully saturated rings. The Labute approximate surface area is 116 Å². The normalized spacial score (nSPS) is 29.6. The van der Waals surface area contributed by atoms with Crippen molar-refractivity contribution in [2.45, 2.75) is 38.6 Å². The van der Waals surface area contributed by atoms with Crippen LogP contribution in [0.15, 0.2) is 22.7 Å². The highest BCUT2D eigenvalue weighted by atomic mass is 79.9. The van der Waals surface area contributed by atoms with Crippen molar-refractivity contribution in [1.29, 1.82) is 0 Å². The van der Waals surface area contributed by atoms with Crippen LogP contribution in [0.3, 0.4) is 0 Å². The Morgan fingerprint density at radius 2 is 2.17 bits per heavy atom. The molecule has 2 nitrogen and oxygen atoms in total. The van der Waals surface area contributed by atoms with E-state index >= 15 is 0 Å². The molecule has 3 atom stereocenters. The summed E-state index contributed by atoms with van der Waals surface area (Å²) >= 11 is 3.48. The van der Waals surface area contributed by atoms with Crippen LogP contribution in [0.4, 0.5) is 0 Å². The Balaban J connectivity index is 1.73. The molecule has 3 rings (SSSR count). The fourth-order valence-electron chi connectivity index (χ4n) is 3.52. The highest BCUT2D eigenvalue weighted by Crippen LogP contribution is 2.44. The van der Waals surface area contributed by atoms with Crippen molar-refractivity contribution in [3.05, 3.63) is 33.8 Å². The molecule has 0 saturated heterocycles. The molecule has 0 aliphatic heterocycles. The zero-order chi connectivity index (χ0) is 12.7. The van der Waals surface area contributed by atoms with Gasteiger partial charge in [0.1, 0.15) is 0 Å². The average Bonchev–Trinajstić information content (AvgIpc) is 2.94. The number of rotatable bonds is 2. The highest BCUT2D eigenvalue weighted by Gasteiger charge is 2.40. The van der Waals surface area contributed by atoms with Gasteiger partial charge in [0.2, 0.25) is 0 Å². The Kier molecular flexibility index (Phi) is 3.18. The van der Waals surface area contributed by atoms with Crippen LogP contribution < -0.4 is 5.32 Å². The summed E-state index contributed by atoms with van der Waals surface area (Å²) in [6.07, 6.45) is 5.17. The first-order chi connectivity index (χ1) is 8.65. The number of benzene rings is 1. The maximum Gasteiger partial charge on any atom is 0.251 e. The van der Waals surface area contributed by atoms with Gasteiger partial charge in [-0.05, 0) is 55.7 Å². The molecule has 18 heavy (non-hydrogen) atoms. The second kappa shape index (κ2) is 4.69. The number of hydrogen-bond acceptors (Lipinski definition) is 1.